The largest absolute Gasteiger partial charge is 0.490 e. The number of piperazine rings is 1. The molecule has 1 unspecified atom stereocenters. The third-order valence-electron chi connectivity index (χ3n) is 3.53. The Morgan fingerprint density at radius 1 is 1.59 bits per heavy atom. The minimum atomic E-state index is -0.127. The molecule has 116 valence electrons. The summed E-state index contributed by atoms with van der Waals surface area (Å²) in [6.45, 7) is 4.23. The number of hydrogen-bond donors (Lipinski definition) is 1. The molecule has 1 amide bonds. The highest BCUT2D eigenvalue weighted by atomic mass is 16.5. The third kappa shape index (κ3) is 3.25. The molecule has 7 heteroatoms. The van der Waals surface area contributed by atoms with Gasteiger partial charge in [-0.05, 0) is 19.1 Å². The molecule has 1 saturated heterocycles. The molecule has 0 spiro atoms. The number of hydrogen-bond acceptors (Lipinski definition) is 6. The van der Waals surface area contributed by atoms with Gasteiger partial charge in [0.15, 0.2) is 5.69 Å². The lowest BCUT2D eigenvalue weighted by Crippen LogP contribution is -2.56. The second kappa shape index (κ2) is 6.57. The number of nitrogens with zero attached hydrogens (tertiary/aromatic N) is 3. The normalized spacial score (nSPS) is 18.2. The van der Waals surface area contributed by atoms with E-state index in [2.05, 4.69) is 15.5 Å². The van der Waals surface area contributed by atoms with E-state index in [-0.39, 0.29) is 11.9 Å². The summed E-state index contributed by atoms with van der Waals surface area (Å²) < 4.78 is 10.7. The topological polar surface area (TPSA) is 80.5 Å². The molecule has 0 radical (unpaired) electrons. The molecule has 0 aliphatic carbocycles. The molecule has 0 aromatic carbocycles. The lowest BCUT2D eigenvalue weighted by Gasteiger charge is -2.35. The van der Waals surface area contributed by atoms with Crippen molar-refractivity contribution in [1.29, 1.82) is 0 Å². The molecule has 2 aromatic rings. The maximum absolute atomic E-state index is 12.5. The number of aryl methyl sites for hydroxylation is 1. The molecular formula is C15H18N4O3. The molecule has 2 aromatic heterocycles. The van der Waals surface area contributed by atoms with Gasteiger partial charge in [0.25, 0.3) is 5.91 Å². The predicted octanol–water partition coefficient (Wildman–Crippen LogP) is 0.871. The van der Waals surface area contributed by atoms with E-state index in [9.17, 15) is 4.79 Å². The summed E-state index contributed by atoms with van der Waals surface area (Å²) in [5, 5.41) is 7.09. The first kappa shape index (κ1) is 14.5. The van der Waals surface area contributed by atoms with Gasteiger partial charge in [-0.3, -0.25) is 9.78 Å². The number of rotatable bonds is 4. The van der Waals surface area contributed by atoms with E-state index in [0.717, 1.165) is 6.54 Å². The van der Waals surface area contributed by atoms with Crippen LogP contribution in [0.15, 0.2) is 35.1 Å². The van der Waals surface area contributed by atoms with Gasteiger partial charge in [0.1, 0.15) is 18.1 Å². The summed E-state index contributed by atoms with van der Waals surface area (Å²) in [5.74, 6) is 1.19. The number of aromatic nitrogens is 2. The minimum absolute atomic E-state index is 0.0570. The van der Waals surface area contributed by atoms with E-state index in [1.165, 1.54) is 0 Å². The van der Waals surface area contributed by atoms with Gasteiger partial charge in [-0.1, -0.05) is 5.16 Å². The van der Waals surface area contributed by atoms with Crippen molar-refractivity contribution in [2.24, 2.45) is 0 Å². The third-order valence-corrected chi connectivity index (χ3v) is 3.53. The Labute approximate surface area is 128 Å². The van der Waals surface area contributed by atoms with Crippen LogP contribution in [0.5, 0.6) is 5.75 Å². The zero-order valence-electron chi connectivity index (χ0n) is 12.4. The smallest absolute Gasteiger partial charge is 0.276 e. The number of nitrogens with one attached hydrogen (secondary N) is 1. The summed E-state index contributed by atoms with van der Waals surface area (Å²) >= 11 is 0. The van der Waals surface area contributed by atoms with Crippen LogP contribution in [-0.4, -0.2) is 53.2 Å². The predicted molar refractivity (Wildman–Crippen MR) is 78.7 cm³/mol. The standard InChI is InChI=1S/C15H18N4O3/c1-11-7-14(18-22-11)15(20)19-6-5-17-8-12(19)10-21-13-3-2-4-16-9-13/h2-4,7,9,12,17H,5-6,8,10H2,1H3. The van der Waals surface area contributed by atoms with Gasteiger partial charge in [0.05, 0.1) is 12.2 Å². The first-order valence-corrected chi connectivity index (χ1v) is 7.22. The number of carbonyl (C=O) groups is 1. The van der Waals surface area contributed by atoms with Crippen molar-refractivity contribution >= 4 is 5.91 Å². The molecule has 1 aliphatic rings. The first-order valence-electron chi connectivity index (χ1n) is 7.22. The number of amides is 1. The minimum Gasteiger partial charge on any atom is -0.490 e. The van der Waals surface area contributed by atoms with Crippen LogP contribution in [0.1, 0.15) is 16.2 Å². The van der Waals surface area contributed by atoms with Crippen molar-refractivity contribution in [2.45, 2.75) is 13.0 Å². The number of ether oxygens (including phenoxy) is 1. The van der Waals surface area contributed by atoms with Gasteiger partial charge in [-0.25, -0.2) is 0 Å². The molecule has 1 atom stereocenters. The monoisotopic (exact) mass is 302 g/mol. The maximum atomic E-state index is 12.5. The Kier molecular flexibility index (Phi) is 4.34. The average molecular weight is 302 g/mol. The Morgan fingerprint density at radius 2 is 2.50 bits per heavy atom. The van der Waals surface area contributed by atoms with Gasteiger partial charge < -0.3 is 19.5 Å². The summed E-state index contributed by atoms with van der Waals surface area (Å²) in [7, 11) is 0. The molecular weight excluding hydrogens is 284 g/mol. The van der Waals surface area contributed by atoms with Gasteiger partial charge in [0.2, 0.25) is 0 Å². The van der Waals surface area contributed by atoms with Crippen molar-refractivity contribution in [1.82, 2.24) is 20.4 Å². The van der Waals surface area contributed by atoms with Crippen LogP contribution in [0.4, 0.5) is 0 Å². The van der Waals surface area contributed by atoms with E-state index in [1.54, 1.807) is 30.3 Å². The summed E-state index contributed by atoms with van der Waals surface area (Å²) in [4.78, 5) is 18.3. The Balaban J connectivity index is 1.67. The van der Waals surface area contributed by atoms with Crippen LogP contribution in [0.2, 0.25) is 0 Å². The van der Waals surface area contributed by atoms with Gasteiger partial charge in [-0.2, -0.15) is 0 Å². The van der Waals surface area contributed by atoms with Crippen molar-refractivity contribution in [3.05, 3.63) is 42.0 Å². The van der Waals surface area contributed by atoms with Gasteiger partial charge in [0, 0.05) is 31.9 Å². The highest BCUT2D eigenvalue weighted by Gasteiger charge is 2.29. The van der Waals surface area contributed by atoms with E-state index in [0.29, 0.717) is 36.9 Å². The number of carbonyl (C=O) groups excluding carboxylic acids is 1. The Morgan fingerprint density at radius 3 is 3.23 bits per heavy atom. The van der Waals surface area contributed by atoms with E-state index in [1.807, 2.05) is 12.1 Å². The molecule has 1 N–H and O–H groups in total. The van der Waals surface area contributed by atoms with Crippen molar-refractivity contribution in [3.63, 3.8) is 0 Å². The van der Waals surface area contributed by atoms with Gasteiger partial charge >= 0.3 is 0 Å². The zero-order chi connectivity index (χ0) is 15.4. The SMILES string of the molecule is Cc1cc(C(=O)N2CCNCC2COc2cccnc2)no1. The molecule has 1 aliphatic heterocycles. The van der Waals surface area contributed by atoms with Crippen LogP contribution in [0.25, 0.3) is 0 Å². The van der Waals surface area contributed by atoms with E-state index < -0.39 is 0 Å². The summed E-state index contributed by atoms with van der Waals surface area (Å²) in [5.41, 5.74) is 0.339. The Bertz CT molecular complexity index is 629. The fraction of sp³-hybridized carbons (Fsp3) is 0.400. The molecule has 3 heterocycles. The van der Waals surface area contributed by atoms with Crippen LogP contribution in [0.3, 0.4) is 0 Å². The zero-order valence-corrected chi connectivity index (χ0v) is 12.4. The summed E-state index contributed by atoms with van der Waals surface area (Å²) in [6.07, 6.45) is 3.35. The van der Waals surface area contributed by atoms with Crippen LogP contribution >= 0.6 is 0 Å². The van der Waals surface area contributed by atoms with Crippen molar-refractivity contribution in [3.8, 4) is 5.75 Å². The fourth-order valence-corrected chi connectivity index (χ4v) is 2.42. The second-order valence-electron chi connectivity index (χ2n) is 5.18. The molecule has 0 saturated carbocycles. The molecule has 0 bridgehead atoms. The van der Waals surface area contributed by atoms with Crippen LogP contribution < -0.4 is 10.1 Å². The van der Waals surface area contributed by atoms with Crippen LogP contribution in [0, 0.1) is 6.92 Å². The first-order chi connectivity index (χ1) is 10.7. The van der Waals surface area contributed by atoms with Gasteiger partial charge in [-0.15, -0.1) is 0 Å². The quantitative estimate of drug-likeness (QED) is 0.902. The Hall–Kier alpha value is -2.41. The summed E-state index contributed by atoms with van der Waals surface area (Å²) in [6, 6.07) is 5.26. The van der Waals surface area contributed by atoms with E-state index >= 15 is 0 Å². The van der Waals surface area contributed by atoms with Crippen molar-refractivity contribution < 1.29 is 14.1 Å². The number of pyridine rings is 1. The second-order valence-corrected chi connectivity index (χ2v) is 5.18. The van der Waals surface area contributed by atoms with Crippen LogP contribution in [-0.2, 0) is 0 Å². The maximum Gasteiger partial charge on any atom is 0.276 e. The molecule has 7 nitrogen and oxygen atoms in total. The van der Waals surface area contributed by atoms with Crippen molar-refractivity contribution in [2.75, 3.05) is 26.2 Å². The van der Waals surface area contributed by atoms with E-state index in [4.69, 9.17) is 9.26 Å². The highest BCUT2D eigenvalue weighted by molar-refractivity contribution is 5.92. The molecule has 22 heavy (non-hydrogen) atoms. The fourth-order valence-electron chi connectivity index (χ4n) is 2.42. The highest BCUT2D eigenvalue weighted by Crippen LogP contribution is 2.13. The molecule has 1 fully saturated rings. The lowest BCUT2D eigenvalue weighted by atomic mass is 10.2. The molecule has 3 rings (SSSR count). The average Bonchev–Trinajstić information content (AvgIpc) is 3.00. The lowest BCUT2D eigenvalue weighted by molar-refractivity contribution is 0.0549.